The van der Waals surface area contributed by atoms with Gasteiger partial charge in [0.05, 0.1) is 12.0 Å². The summed E-state index contributed by atoms with van der Waals surface area (Å²) in [6.45, 7) is 3.99. The van der Waals surface area contributed by atoms with Crippen LogP contribution in [0.25, 0.3) is 0 Å². The van der Waals surface area contributed by atoms with Crippen molar-refractivity contribution >= 4 is 17.7 Å². The lowest BCUT2D eigenvalue weighted by Crippen LogP contribution is -2.54. The number of pyridine rings is 1. The van der Waals surface area contributed by atoms with Crippen LogP contribution in [0.1, 0.15) is 38.2 Å². The lowest BCUT2D eigenvalue weighted by molar-refractivity contribution is -0.153. The number of nitrogens with one attached hydrogen (secondary N) is 1. The summed E-state index contributed by atoms with van der Waals surface area (Å²) in [5.74, 6) is -0.0671. The molecule has 1 aromatic rings. The quantitative estimate of drug-likeness (QED) is 0.869. The van der Waals surface area contributed by atoms with E-state index >= 15 is 0 Å². The largest absolute Gasteiger partial charge is 0.347 e. The van der Waals surface area contributed by atoms with Crippen LogP contribution in [-0.4, -0.2) is 58.7 Å². The number of aromatic nitrogens is 1. The molecule has 3 rings (SSSR count). The third kappa shape index (κ3) is 4.03. The number of carbonyl (C=O) groups is 3. The van der Waals surface area contributed by atoms with Crippen LogP contribution in [-0.2, 0) is 20.9 Å². The van der Waals surface area contributed by atoms with Gasteiger partial charge in [0.15, 0.2) is 0 Å². The highest BCUT2D eigenvalue weighted by molar-refractivity contribution is 5.85. The minimum atomic E-state index is -0.337. The van der Waals surface area contributed by atoms with E-state index in [1.165, 1.54) is 6.92 Å². The van der Waals surface area contributed by atoms with Gasteiger partial charge in [0.1, 0.15) is 0 Å². The Morgan fingerprint density at radius 3 is 2.50 bits per heavy atom. The smallest absolute Gasteiger partial charge is 0.241 e. The molecule has 0 atom stereocenters. The van der Waals surface area contributed by atoms with Crippen LogP contribution in [0.15, 0.2) is 24.5 Å². The first-order chi connectivity index (χ1) is 12.5. The van der Waals surface area contributed by atoms with Gasteiger partial charge >= 0.3 is 0 Å². The van der Waals surface area contributed by atoms with Crippen molar-refractivity contribution in [1.29, 1.82) is 0 Å². The average Bonchev–Trinajstić information content (AvgIpc) is 2.65. The van der Waals surface area contributed by atoms with Crippen molar-refractivity contribution in [3.63, 3.8) is 0 Å². The van der Waals surface area contributed by atoms with Crippen molar-refractivity contribution in [2.45, 2.75) is 39.2 Å². The molecule has 2 aliphatic rings. The third-order valence-electron chi connectivity index (χ3n) is 5.51. The molecular weight excluding hydrogens is 332 g/mol. The first kappa shape index (κ1) is 18.4. The molecular formula is C19H26N4O3. The molecule has 0 aromatic carbocycles. The average molecular weight is 358 g/mol. The molecule has 0 saturated carbocycles. The summed E-state index contributed by atoms with van der Waals surface area (Å²) in [6.07, 6.45) is 6.79. The molecule has 1 spiro atoms. The maximum Gasteiger partial charge on any atom is 0.241 e. The van der Waals surface area contributed by atoms with Crippen molar-refractivity contribution in [2.75, 3.05) is 26.2 Å². The number of nitrogens with zero attached hydrogens (tertiary/aromatic N) is 3. The second-order valence-corrected chi connectivity index (χ2v) is 7.26. The van der Waals surface area contributed by atoms with Gasteiger partial charge in [-0.05, 0) is 43.4 Å². The highest BCUT2D eigenvalue weighted by atomic mass is 16.2. The van der Waals surface area contributed by atoms with E-state index in [1.807, 2.05) is 17.0 Å². The maximum atomic E-state index is 13.1. The lowest BCUT2D eigenvalue weighted by atomic mass is 9.71. The van der Waals surface area contributed by atoms with Crippen LogP contribution in [0, 0.1) is 5.41 Å². The van der Waals surface area contributed by atoms with Crippen molar-refractivity contribution in [3.05, 3.63) is 30.1 Å². The van der Waals surface area contributed by atoms with Gasteiger partial charge in [0, 0.05) is 45.5 Å². The van der Waals surface area contributed by atoms with Crippen molar-refractivity contribution in [3.8, 4) is 0 Å². The van der Waals surface area contributed by atoms with E-state index in [4.69, 9.17) is 0 Å². The van der Waals surface area contributed by atoms with E-state index in [1.54, 1.807) is 17.3 Å². The van der Waals surface area contributed by atoms with Crippen LogP contribution < -0.4 is 5.32 Å². The number of rotatable bonds is 4. The van der Waals surface area contributed by atoms with E-state index < -0.39 is 0 Å². The molecule has 2 aliphatic heterocycles. The van der Waals surface area contributed by atoms with Crippen LogP contribution in [0.3, 0.4) is 0 Å². The Morgan fingerprint density at radius 2 is 1.85 bits per heavy atom. The summed E-state index contributed by atoms with van der Waals surface area (Å²) in [7, 11) is 0. The minimum Gasteiger partial charge on any atom is -0.347 e. The van der Waals surface area contributed by atoms with Gasteiger partial charge in [-0.15, -0.1) is 0 Å². The van der Waals surface area contributed by atoms with Crippen LogP contribution in [0.2, 0.25) is 0 Å². The summed E-state index contributed by atoms with van der Waals surface area (Å²) < 4.78 is 0. The normalized spacial score (nSPS) is 19.5. The van der Waals surface area contributed by atoms with Crippen LogP contribution in [0.5, 0.6) is 0 Å². The Labute approximate surface area is 153 Å². The molecule has 26 heavy (non-hydrogen) atoms. The molecule has 0 unspecified atom stereocenters. The first-order valence-corrected chi connectivity index (χ1v) is 9.21. The van der Waals surface area contributed by atoms with E-state index in [9.17, 15) is 14.4 Å². The highest BCUT2D eigenvalue weighted by Gasteiger charge is 2.46. The van der Waals surface area contributed by atoms with E-state index in [0.717, 1.165) is 24.9 Å². The lowest BCUT2D eigenvalue weighted by Gasteiger charge is -2.46. The van der Waals surface area contributed by atoms with Gasteiger partial charge in [0.25, 0.3) is 0 Å². The molecule has 7 nitrogen and oxygen atoms in total. The maximum absolute atomic E-state index is 13.1. The van der Waals surface area contributed by atoms with Gasteiger partial charge < -0.3 is 15.1 Å². The SMILES string of the molecule is CC(=O)NCC(=O)N1CCC2(CCCN(Cc3ccncc3)C2=O)CC1. The zero-order valence-corrected chi connectivity index (χ0v) is 15.2. The molecule has 3 heterocycles. The number of carbonyl (C=O) groups excluding carboxylic acids is 3. The van der Waals surface area contributed by atoms with Crippen molar-refractivity contribution in [2.24, 2.45) is 5.41 Å². The Morgan fingerprint density at radius 1 is 1.15 bits per heavy atom. The van der Waals surface area contributed by atoms with Crippen molar-refractivity contribution < 1.29 is 14.4 Å². The number of hydrogen-bond donors (Lipinski definition) is 1. The fraction of sp³-hybridized carbons (Fsp3) is 0.579. The molecule has 2 fully saturated rings. The van der Waals surface area contributed by atoms with Crippen LogP contribution >= 0.6 is 0 Å². The van der Waals surface area contributed by atoms with E-state index in [2.05, 4.69) is 10.3 Å². The topological polar surface area (TPSA) is 82.6 Å². The van der Waals surface area contributed by atoms with Crippen molar-refractivity contribution in [1.82, 2.24) is 20.1 Å². The molecule has 0 radical (unpaired) electrons. The van der Waals surface area contributed by atoms with Gasteiger partial charge in [-0.25, -0.2) is 0 Å². The fourth-order valence-corrected chi connectivity index (χ4v) is 3.97. The summed E-state index contributed by atoms with van der Waals surface area (Å²) in [6, 6.07) is 3.88. The zero-order valence-electron chi connectivity index (χ0n) is 15.2. The summed E-state index contributed by atoms with van der Waals surface area (Å²) >= 11 is 0. The molecule has 0 bridgehead atoms. The molecule has 7 heteroatoms. The third-order valence-corrected chi connectivity index (χ3v) is 5.51. The second kappa shape index (κ2) is 7.85. The highest BCUT2D eigenvalue weighted by Crippen LogP contribution is 2.41. The molecule has 140 valence electrons. The predicted molar refractivity (Wildman–Crippen MR) is 95.8 cm³/mol. The Bertz CT molecular complexity index is 669. The number of hydrogen-bond acceptors (Lipinski definition) is 4. The minimum absolute atomic E-state index is 0.0322. The Hall–Kier alpha value is -2.44. The standard InChI is InChI=1S/C19H26N4O3/c1-15(24)21-13-17(25)22-11-6-19(7-12-22)5-2-10-23(18(19)26)14-16-3-8-20-9-4-16/h3-4,8-9H,2,5-7,10-14H2,1H3,(H,21,24). The summed E-state index contributed by atoms with van der Waals surface area (Å²) in [5, 5.41) is 2.55. The number of piperidine rings is 2. The Balaban J connectivity index is 1.59. The second-order valence-electron chi connectivity index (χ2n) is 7.26. The van der Waals surface area contributed by atoms with Crippen LogP contribution in [0.4, 0.5) is 0 Å². The Kier molecular flexibility index (Phi) is 5.54. The number of amides is 3. The molecule has 0 aliphatic carbocycles. The number of likely N-dealkylation sites (tertiary alicyclic amines) is 2. The molecule has 1 N–H and O–H groups in total. The van der Waals surface area contributed by atoms with E-state index in [0.29, 0.717) is 32.5 Å². The van der Waals surface area contributed by atoms with Gasteiger partial charge in [0.2, 0.25) is 17.7 Å². The first-order valence-electron chi connectivity index (χ1n) is 9.21. The monoisotopic (exact) mass is 358 g/mol. The predicted octanol–water partition coefficient (Wildman–Crippen LogP) is 0.949. The molecule has 3 amide bonds. The summed E-state index contributed by atoms with van der Waals surface area (Å²) in [5.41, 5.74) is 0.754. The van der Waals surface area contributed by atoms with Gasteiger partial charge in [-0.1, -0.05) is 0 Å². The fourth-order valence-electron chi connectivity index (χ4n) is 3.97. The molecule has 1 aromatic heterocycles. The van der Waals surface area contributed by atoms with E-state index in [-0.39, 0.29) is 29.7 Å². The van der Waals surface area contributed by atoms with Gasteiger partial charge in [-0.3, -0.25) is 19.4 Å². The summed E-state index contributed by atoms with van der Waals surface area (Å²) in [4.78, 5) is 44.0. The van der Waals surface area contributed by atoms with Gasteiger partial charge in [-0.2, -0.15) is 0 Å². The molecule has 2 saturated heterocycles. The zero-order chi connectivity index (χ0) is 18.6.